The van der Waals surface area contributed by atoms with Crippen molar-refractivity contribution in [2.75, 3.05) is 13.4 Å². The van der Waals surface area contributed by atoms with E-state index >= 15 is 0 Å². The minimum absolute atomic E-state index is 0.291. The zero-order chi connectivity index (χ0) is 17.1. The highest BCUT2D eigenvalue weighted by atomic mass is 32.2. The van der Waals surface area contributed by atoms with Gasteiger partial charge in [0.15, 0.2) is 0 Å². The van der Waals surface area contributed by atoms with Gasteiger partial charge in [-0.1, -0.05) is 36.4 Å². The Morgan fingerprint density at radius 3 is 2.50 bits per heavy atom. The Labute approximate surface area is 148 Å². The molecule has 24 heavy (non-hydrogen) atoms. The van der Waals surface area contributed by atoms with Crippen molar-refractivity contribution in [3.63, 3.8) is 0 Å². The number of rotatable bonds is 4. The molecule has 1 aromatic heterocycles. The molecule has 0 bridgehead atoms. The van der Waals surface area contributed by atoms with E-state index < -0.39 is 5.97 Å². The Kier molecular flexibility index (Phi) is 5.02. The van der Waals surface area contributed by atoms with Gasteiger partial charge in [0.05, 0.1) is 7.11 Å². The smallest absolute Gasteiger partial charge is 0.348 e. The van der Waals surface area contributed by atoms with Crippen LogP contribution in [0.15, 0.2) is 58.8 Å². The summed E-state index contributed by atoms with van der Waals surface area (Å²) in [6, 6.07) is 14.8. The van der Waals surface area contributed by atoms with Crippen LogP contribution in [0.5, 0.6) is 0 Å². The molecule has 0 aliphatic rings. The second-order valence-electron chi connectivity index (χ2n) is 5.06. The van der Waals surface area contributed by atoms with Crippen molar-refractivity contribution in [3.05, 3.63) is 64.6 Å². The highest BCUT2D eigenvalue weighted by molar-refractivity contribution is 7.98. The summed E-state index contributed by atoms with van der Waals surface area (Å²) in [5.74, 6) is -0.701. The lowest BCUT2D eigenvalue weighted by atomic mass is 9.97. The summed E-state index contributed by atoms with van der Waals surface area (Å²) in [4.78, 5) is 13.2. The molecule has 2 nitrogen and oxygen atoms in total. The van der Waals surface area contributed by atoms with Crippen LogP contribution in [-0.4, -0.2) is 19.3 Å². The van der Waals surface area contributed by atoms with Crippen molar-refractivity contribution < 1.29 is 13.9 Å². The molecule has 0 atom stereocenters. The predicted molar refractivity (Wildman–Crippen MR) is 98.3 cm³/mol. The summed E-state index contributed by atoms with van der Waals surface area (Å²) in [5.41, 5.74) is 3.26. The van der Waals surface area contributed by atoms with Crippen molar-refractivity contribution in [2.24, 2.45) is 0 Å². The van der Waals surface area contributed by atoms with Gasteiger partial charge in [0.1, 0.15) is 10.7 Å². The summed E-state index contributed by atoms with van der Waals surface area (Å²) in [5, 5.41) is 1.91. The second-order valence-corrected chi connectivity index (χ2v) is 6.79. The molecule has 3 rings (SSSR count). The molecule has 0 saturated heterocycles. The highest BCUT2D eigenvalue weighted by Crippen LogP contribution is 2.40. The van der Waals surface area contributed by atoms with E-state index in [1.807, 2.05) is 48.0 Å². The number of halogens is 1. The first-order chi connectivity index (χ1) is 11.7. The molecule has 0 spiro atoms. The third-order valence-electron chi connectivity index (χ3n) is 3.69. The summed E-state index contributed by atoms with van der Waals surface area (Å²) in [6.07, 6.45) is 1.83. The van der Waals surface area contributed by atoms with Crippen molar-refractivity contribution in [3.8, 4) is 22.3 Å². The number of thioether (sulfide) groups is 1. The van der Waals surface area contributed by atoms with Gasteiger partial charge in [0, 0.05) is 21.4 Å². The van der Waals surface area contributed by atoms with Gasteiger partial charge in [0.2, 0.25) is 0 Å². The largest absolute Gasteiger partial charge is 0.465 e. The van der Waals surface area contributed by atoms with Crippen molar-refractivity contribution in [1.29, 1.82) is 0 Å². The minimum atomic E-state index is -0.411. The number of hydrogen-bond acceptors (Lipinski definition) is 4. The number of thiophene rings is 1. The van der Waals surface area contributed by atoms with Crippen molar-refractivity contribution >= 4 is 29.1 Å². The Morgan fingerprint density at radius 1 is 1.12 bits per heavy atom. The lowest BCUT2D eigenvalue weighted by Gasteiger charge is -2.09. The van der Waals surface area contributed by atoms with E-state index in [2.05, 4.69) is 0 Å². The number of ether oxygens (including phenoxy) is 1. The molecule has 122 valence electrons. The molecule has 0 fully saturated rings. The number of carbonyl (C=O) groups is 1. The lowest BCUT2D eigenvalue weighted by molar-refractivity contribution is 0.0607. The van der Waals surface area contributed by atoms with Gasteiger partial charge in [-0.15, -0.1) is 23.1 Å². The predicted octanol–water partition coefficient (Wildman–Crippen LogP) is 5.73. The summed E-state index contributed by atoms with van der Waals surface area (Å²) in [6.45, 7) is 0. The number of methoxy groups -OCH3 is 1. The van der Waals surface area contributed by atoms with Crippen LogP contribution >= 0.6 is 23.1 Å². The van der Waals surface area contributed by atoms with E-state index in [-0.39, 0.29) is 5.82 Å². The first-order valence-corrected chi connectivity index (χ1v) is 9.35. The van der Waals surface area contributed by atoms with Crippen LogP contribution in [0.2, 0.25) is 0 Å². The maximum absolute atomic E-state index is 14.3. The highest BCUT2D eigenvalue weighted by Gasteiger charge is 2.21. The molecule has 5 heteroatoms. The van der Waals surface area contributed by atoms with Gasteiger partial charge in [-0.25, -0.2) is 9.18 Å². The molecule has 0 saturated carbocycles. The molecule has 0 unspecified atom stereocenters. The van der Waals surface area contributed by atoms with E-state index in [1.54, 1.807) is 6.07 Å². The summed E-state index contributed by atoms with van der Waals surface area (Å²) >= 11 is 2.67. The number of esters is 1. The van der Waals surface area contributed by atoms with Crippen LogP contribution < -0.4 is 0 Å². The normalized spacial score (nSPS) is 10.6. The van der Waals surface area contributed by atoms with E-state index in [4.69, 9.17) is 4.74 Å². The van der Waals surface area contributed by atoms with E-state index in [1.165, 1.54) is 36.3 Å². The molecule has 2 aromatic carbocycles. The first-order valence-electron chi connectivity index (χ1n) is 7.25. The average molecular weight is 358 g/mol. The van der Waals surface area contributed by atoms with Crippen molar-refractivity contribution in [2.45, 2.75) is 4.90 Å². The molecule has 0 radical (unpaired) electrons. The Bertz CT molecular complexity index is 872. The SMILES string of the molecule is COC(=O)c1scc(-c2ccccc2)c1-c1ccc(SC)c(F)c1. The van der Waals surface area contributed by atoms with Crippen LogP contribution in [-0.2, 0) is 4.74 Å². The fourth-order valence-electron chi connectivity index (χ4n) is 2.54. The molecule has 0 aliphatic heterocycles. The molecule has 0 amide bonds. The third-order valence-corrected chi connectivity index (χ3v) is 5.42. The van der Waals surface area contributed by atoms with Crippen LogP contribution in [0.1, 0.15) is 9.67 Å². The zero-order valence-corrected chi connectivity index (χ0v) is 14.8. The van der Waals surface area contributed by atoms with E-state index in [9.17, 15) is 9.18 Å². The monoisotopic (exact) mass is 358 g/mol. The fourth-order valence-corrected chi connectivity index (χ4v) is 4.01. The van der Waals surface area contributed by atoms with E-state index in [0.29, 0.717) is 20.9 Å². The van der Waals surface area contributed by atoms with Crippen LogP contribution in [0.4, 0.5) is 4.39 Å². The maximum Gasteiger partial charge on any atom is 0.348 e. The summed E-state index contributed by atoms with van der Waals surface area (Å²) in [7, 11) is 1.35. The zero-order valence-electron chi connectivity index (χ0n) is 13.2. The first kappa shape index (κ1) is 16.7. The Balaban J connectivity index is 2.22. The molecular formula is C19H15FO2S2. The molecule has 1 heterocycles. The van der Waals surface area contributed by atoms with Crippen LogP contribution in [0.3, 0.4) is 0 Å². The van der Waals surface area contributed by atoms with Gasteiger partial charge in [-0.3, -0.25) is 0 Å². The third kappa shape index (κ3) is 3.09. The maximum atomic E-state index is 14.3. The van der Waals surface area contributed by atoms with Crippen LogP contribution in [0.25, 0.3) is 22.3 Å². The minimum Gasteiger partial charge on any atom is -0.465 e. The number of carbonyl (C=O) groups excluding carboxylic acids is 1. The van der Waals surface area contributed by atoms with E-state index in [0.717, 1.165) is 11.1 Å². The summed E-state index contributed by atoms with van der Waals surface area (Å²) < 4.78 is 19.2. The molecule has 0 aliphatic carbocycles. The van der Waals surface area contributed by atoms with Crippen molar-refractivity contribution in [1.82, 2.24) is 0 Å². The number of hydrogen-bond donors (Lipinski definition) is 0. The van der Waals surface area contributed by atoms with Crippen LogP contribution in [0, 0.1) is 5.82 Å². The Morgan fingerprint density at radius 2 is 1.88 bits per heavy atom. The molecule has 3 aromatic rings. The van der Waals surface area contributed by atoms with Gasteiger partial charge in [-0.2, -0.15) is 0 Å². The van der Waals surface area contributed by atoms with Gasteiger partial charge in [-0.05, 0) is 29.5 Å². The van der Waals surface area contributed by atoms with Gasteiger partial charge in [0.25, 0.3) is 0 Å². The van der Waals surface area contributed by atoms with Gasteiger partial charge < -0.3 is 4.74 Å². The number of benzene rings is 2. The lowest BCUT2D eigenvalue weighted by Crippen LogP contribution is -2.00. The standard InChI is InChI=1S/C19H15FO2S2/c1-22-19(21)18-17(13-8-9-16(23-2)15(20)10-13)14(11-24-18)12-6-4-3-5-7-12/h3-11H,1-2H3. The average Bonchev–Trinajstić information content (AvgIpc) is 3.06. The quantitative estimate of drug-likeness (QED) is 0.440. The molecular weight excluding hydrogens is 343 g/mol. The van der Waals surface area contributed by atoms with Gasteiger partial charge >= 0.3 is 5.97 Å². The Hall–Kier alpha value is -2.11. The fraction of sp³-hybridized carbons (Fsp3) is 0.105. The molecule has 0 N–H and O–H groups in total. The topological polar surface area (TPSA) is 26.3 Å². The second kappa shape index (κ2) is 7.20.